The normalized spacial score (nSPS) is 10.4. The van der Waals surface area contributed by atoms with Crippen LogP contribution in [0.2, 0.25) is 0 Å². The second kappa shape index (κ2) is 5.50. The van der Waals surface area contributed by atoms with Crippen LogP contribution in [0.3, 0.4) is 0 Å². The van der Waals surface area contributed by atoms with Crippen molar-refractivity contribution in [3.8, 4) is 0 Å². The van der Waals surface area contributed by atoms with Gasteiger partial charge in [0.25, 0.3) is 0 Å². The van der Waals surface area contributed by atoms with E-state index in [2.05, 4.69) is 0 Å². The van der Waals surface area contributed by atoms with E-state index in [1.165, 1.54) is 0 Å². The number of ether oxygens (including phenoxy) is 1. The minimum absolute atomic E-state index is 0.719. The Bertz CT molecular complexity index is 287. The second-order valence-corrected chi connectivity index (χ2v) is 3.26. The molecule has 0 aliphatic carbocycles. The number of rotatable bonds is 5. The lowest BCUT2D eigenvalue weighted by atomic mass is 10.1. The largest absolute Gasteiger partial charge is 0.399 e. The standard InChI is InChI=1S/C11H18N2O/c1-2-14-7-3-4-9-5-6-10(12)8-11(9)13/h5-6,8H,2-4,7,12-13H2,1H3. The first-order chi connectivity index (χ1) is 6.74. The summed E-state index contributed by atoms with van der Waals surface area (Å²) in [4.78, 5) is 0. The molecule has 0 aliphatic rings. The first-order valence-corrected chi connectivity index (χ1v) is 4.95. The maximum atomic E-state index is 5.82. The van der Waals surface area contributed by atoms with Gasteiger partial charge in [-0.15, -0.1) is 0 Å². The Kier molecular flexibility index (Phi) is 4.26. The van der Waals surface area contributed by atoms with E-state index < -0.39 is 0 Å². The van der Waals surface area contributed by atoms with Gasteiger partial charge in [-0.2, -0.15) is 0 Å². The Morgan fingerprint density at radius 1 is 1.29 bits per heavy atom. The summed E-state index contributed by atoms with van der Waals surface area (Å²) in [5.41, 5.74) is 14.1. The first-order valence-electron chi connectivity index (χ1n) is 4.95. The SMILES string of the molecule is CCOCCCc1ccc(N)cc1N. The van der Waals surface area contributed by atoms with Gasteiger partial charge >= 0.3 is 0 Å². The van der Waals surface area contributed by atoms with Gasteiger partial charge in [0.05, 0.1) is 0 Å². The highest BCUT2D eigenvalue weighted by atomic mass is 16.5. The van der Waals surface area contributed by atoms with Gasteiger partial charge in [-0.3, -0.25) is 0 Å². The topological polar surface area (TPSA) is 61.3 Å². The predicted molar refractivity (Wildman–Crippen MR) is 60.1 cm³/mol. The van der Waals surface area contributed by atoms with Crippen molar-refractivity contribution >= 4 is 11.4 Å². The van der Waals surface area contributed by atoms with Crippen LogP contribution < -0.4 is 11.5 Å². The molecule has 1 aromatic carbocycles. The zero-order valence-corrected chi connectivity index (χ0v) is 8.62. The molecule has 0 heterocycles. The molecule has 1 aromatic rings. The van der Waals surface area contributed by atoms with Crippen LogP contribution >= 0.6 is 0 Å². The molecule has 0 aliphatic heterocycles. The molecule has 0 bridgehead atoms. The number of anilines is 2. The summed E-state index contributed by atoms with van der Waals surface area (Å²) in [6, 6.07) is 5.67. The fourth-order valence-electron chi connectivity index (χ4n) is 1.35. The molecular weight excluding hydrogens is 176 g/mol. The molecule has 0 saturated carbocycles. The third-order valence-corrected chi connectivity index (χ3v) is 2.11. The minimum Gasteiger partial charge on any atom is -0.399 e. The Hall–Kier alpha value is -1.22. The molecule has 0 saturated heterocycles. The van der Waals surface area contributed by atoms with Gasteiger partial charge in [0.15, 0.2) is 0 Å². The Morgan fingerprint density at radius 2 is 2.07 bits per heavy atom. The average molecular weight is 194 g/mol. The maximum absolute atomic E-state index is 5.82. The van der Waals surface area contributed by atoms with Crippen LogP contribution in [0.25, 0.3) is 0 Å². The summed E-state index contributed by atoms with van der Waals surface area (Å²) in [5, 5.41) is 0. The lowest BCUT2D eigenvalue weighted by Gasteiger charge is -2.06. The quantitative estimate of drug-likeness (QED) is 0.555. The molecule has 0 aromatic heterocycles. The molecular formula is C11H18N2O. The molecule has 14 heavy (non-hydrogen) atoms. The fourth-order valence-corrected chi connectivity index (χ4v) is 1.35. The van der Waals surface area contributed by atoms with Gasteiger partial charge in [0, 0.05) is 24.6 Å². The average Bonchev–Trinajstić information content (AvgIpc) is 2.15. The molecule has 3 nitrogen and oxygen atoms in total. The summed E-state index contributed by atoms with van der Waals surface area (Å²) in [6.45, 7) is 3.56. The van der Waals surface area contributed by atoms with Crippen LogP contribution in [0, 0.1) is 0 Å². The van der Waals surface area contributed by atoms with Gasteiger partial charge in [0.2, 0.25) is 0 Å². The van der Waals surface area contributed by atoms with Gasteiger partial charge in [-0.05, 0) is 37.5 Å². The molecule has 0 radical (unpaired) electrons. The highest BCUT2D eigenvalue weighted by molar-refractivity contribution is 5.56. The molecule has 0 spiro atoms. The van der Waals surface area contributed by atoms with E-state index in [1.54, 1.807) is 6.07 Å². The zero-order chi connectivity index (χ0) is 10.4. The highest BCUT2D eigenvalue weighted by Gasteiger charge is 1.99. The van der Waals surface area contributed by atoms with Gasteiger partial charge < -0.3 is 16.2 Å². The van der Waals surface area contributed by atoms with Crippen LogP contribution in [0.1, 0.15) is 18.9 Å². The molecule has 0 amide bonds. The van der Waals surface area contributed by atoms with Crippen LogP contribution in [-0.4, -0.2) is 13.2 Å². The Labute approximate surface area is 85.0 Å². The van der Waals surface area contributed by atoms with E-state index in [4.69, 9.17) is 16.2 Å². The second-order valence-electron chi connectivity index (χ2n) is 3.26. The predicted octanol–water partition coefficient (Wildman–Crippen LogP) is 1.82. The van der Waals surface area contributed by atoms with E-state index in [1.807, 2.05) is 19.1 Å². The van der Waals surface area contributed by atoms with Crippen molar-refractivity contribution in [2.45, 2.75) is 19.8 Å². The third kappa shape index (κ3) is 3.26. The number of hydrogen-bond acceptors (Lipinski definition) is 3. The summed E-state index contributed by atoms with van der Waals surface area (Å²) in [6.07, 6.45) is 1.95. The molecule has 4 N–H and O–H groups in total. The molecule has 3 heteroatoms. The van der Waals surface area contributed by atoms with E-state index in [0.29, 0.717) is 0 Å². The van der Waals surface area contributed by atoms with E-state index in [0.717, 1.165) is 43.0 Å². The minimum atomic E-state index is 0.719. The third-order valence-electron chi connectivity index (χ3n) is 2.11. The van der Waals surface area contributed by atoms with E-state index >= 15 is 0 Å². The number of aryl methyl sites for hydroxylation is 1. The van der Waals surface area contributed by atoms with Crippen molar-refractivity contribution in [3.05, 3.63) is 23.8 Å². The zero-order valence-electron chi connectivity index (χ0n) is 8.62. The van der Waals surface area contributed by atoms with Gasteiger partial charge in [0.1, 0.15) is 0 Å². The molecule has 0 atom stereocenters. The Balaban J connectivity index is 2.42. The molecule has 78 valence electrons. The van der Waals surface area contributed by atoms with Crippen molar-refractivity contribution in [2.75, 3.05) is 24.7 Å². The molecule has 0 fully saturated rings. The number of nitrogens with two attached hydrogens (primary N) is 2. The van der Waals surface area contributed by atoms with Gasteiger partial charge in [-0.25, -0.2) is 0 Å². The van der Waals surface area contributed by atoms with E-state index in [-0.39, 0.29) is 0 Å². The van der Waals surface area contributed by atoms with Crippen molar-refractivity contribution in [3.63, 3.8) is 0 Å². The summed E-state index contributed by atoms with van der Waals surface area (Å²) >= 11 is 0. The number of benzene rings is 1. The summed E-state index contributed by atoms with van der Waals surface area (Å²) in [7, 11) is 0. The number of hydrogen-bond donors (Lipinski definition) is 2. The van der Waals surface area contributed by atoms with Crippen molar-refractivity contribution in [1.29, 1.82) is 0 Å². The summed E-state index contributed by atoms with van der Waals surface area (Å²) in [5.74, 6) is 0. The lowest BCUT2D eigenvalue weighted by molar-refractivity contribution is 0.145. The smallest absolute Gasteiger partial charge is 0.0469 e. The number of nitrogen functional groups attached to an aromatic ring is 2. The lowest BCUT2D eigenvalue weighted by Crippen LogP contribution is -2.00. The van der Waals surface area contributed by atoms with Crippen molar-refractivity contribution < 1.29 is 4.74 Å². The summed E-state index contributed by atoms with van der Waals surface area (Å²) < 4.78 is 5.25. The van der Waals surface area contributed by atoms with Crippen LogP contribution in [0.4, 0.5) is 11.4 Å². The molecule has 1 rings (SSSR count). The monoisotopic (exact) mass is 194 g/mol. The van der Waals surface area contributed by atoms with Crippen molar-refractivity contribution in [2.24, 2.45) is 0 Å². The fraction of sp³-hybridized carbons (Fsp3) is 0.455. The van der Waals surface area contributed by atoms with Crippen LogP contribution in [-0.2, 0) is 11.2 Å². The van der Waals surface area contributed by atoms with E-state index in [9.17, 15) is 0 Å². The first kappa shape index (κ1) is 10.9. The Morgan fingerprint density at radius 3 is 2.71 bits per heavy atom. The van der Waals surface area contributed by atoms with Crippen LogP contribution in [0.15, 0.2) is 18.2 Å². The molecule has 0 unspecified atom stereocenters. The highest BCUT2D eigenvalue weighted by Crippen LogP contribution is 2.17. The maximum Gasteiger partial charge on any atom is 0.0469 e. The van der Waals surface area contributed by atoms with Crippen molar-refractivity contribution in [1.82, 2.24) is 0 Å². The van der Waals surface area contributed by atoms with Gasteiger partial charge in [-0.1, -0.05) is 6.07 Å². The van der Waals surface area contributed by atoms with Crippen LogP contribution in [0.5, 0.6) is 0 Å².